The smallest absolute Gasteiger partial charge is 0.104 e. The van der Waals surface area contributed by atoms with Crippen molar-refractivity contribution >= 4 is 0 Å². The van der Waals surface area contributed by atoms with Gasteiger partial charge in [-0.05, 0) is 22.3 Å². The average Bonchev–Trinajstić information content (AvgIpc) is 2.62. The third-order valence-corrected chi connectivity index (χ3v) is 3.80. The summed E-state index contributed by atoms with van der Waals surface area (Å²) < 4.78 is 0. The lowest BCUT2D eigenvalue weighted by Crippen LogP contribution is -2.02. The van der Waals surface area contributed by atoms with Crippen molar-refractivity contribution < 1.29 is 10.2 Å². The molecule has 0 aliphatic rings. The van der Waals surface area contributed by atoms with E-state index in [0.29, 0.717) is 0 Å². The first-order valence-corrected chi connectivity index (χ1v) is 7.31. The zero-order valence-electron chi connectivity index (χ0n) is 12.1. The zero-order valence-corrected chi connectivity index (χ0v) is 12.1. The van der Waals surface area contributed by atoms with E-state index in [4.69, 9.17) is 0 Å². The van der Waals surface area contributed by atoms with Gasteiger partial charge in [0.25, 0.3) is 0 Å². The predicted molar refractivity (Wildman–Crippen MR) is 87.4 cm³/mol. The number of rotatable bonds is 4. The molecule has 0 bridgehead atoms. The molecular formula is C20H18O2. The molecule has 0 aliphatic carbocycles. The van der Waals surface area contributed by atoms with Crippen LogP contribution in [0.15, 0.2) is 84.9 Å². The molecule has 0 aromatic heterocycles. The van der Waals surface area contributed by atoms with Crippen LogP contribution >= 0.6 is 0 Å². The molecule has 0 saturated carbocycles. The van der Waals surface area contributed by atoms with Gasteiger partial charge in [0.2, 0.25) is 0 Å². The summed E-state index contributed by atoms with van der Waals surface area (Å²) in [6.45, 7) is 0. The summed E-state index contributed by atoms with van der Waals surface area (Å²) in [4.78, 5) is 0. The lowest BCUT2D eigenvalue weighted by molar-refractivity contribution is 0.216. The van der Waals surface area contributed by atoms with E-state index in [1.54, 1.807) is 0 Å². The number of hydrogen-bond acceptors (Lipinski definition) is 2. The van der Waals surface area contributed by atoms with Crippen molar-refractivity contribution in [2.24, 2.45) is 0 Å². The van der Waals surface area contributed by atoms with Crippen LogP contribution in [0.5, 0.6) is 0 Å². The quantitative estimate of drug-likeness (QED) is 0.766. The van der Waals surface area contributed by atoms with E-state index in [1.165, 1.54) is 0 Å². The van der Waals surface area contributed by atoms with Gasteiger partial charge in [0.15, 0.2) is 0 Å². The van der Waals surface area contributed by atoms with Crippen LogP contribution in [0.3, 0.4) is 0 Å². The van der Waals surface area contributed by atoms with Crippen LogP contribution in [0, 0.1) is 0 Å². The fourth-order valence-corrected chi connectivity index (χ4v) is 2.52. The molecule has 0 spiro atoms. The Hall–Kier alpha value is -2.42. The highest BCUT2D eigenvalue weighted by Gasteiger charge is 2.13. The number of hydrogen-bond donors (Lipinski definition) is 2. The monoisotopic (exact) mass is 290 g/mol. The van der Waals surface area contributed by atoms with Crippen molar-refractivity contribution in [3.8, 4) is 0 Å². The van der Waals surface area contributed by atoms with E-state index < -0.39 is 12.2 Å². The maximum atomic E-state index is 10.4. The van der Waals surface area contributed by atoms with Crippen LogP contribution in [0.4, 0.5) is 0 Å². The van der Waals surface area contributed by atoms with Gasteiger partial charge in [-0.1, -0.05) is 84.9 Å². The third-order valence-electron chi connectivity index (χ3n) is 3.80. The minimum Gasteiger partial charge on any atom is -0.384 e. The van der Waals surface area contributed by atoms with E-state index in [9.17, 15) is 10.2 Å². The molecule has 2 N–H and O–H groups in total. The zero-order chi connectivity index (χ0) is 15.4. The van der Waals surface area contributed by atoms with Crippen molar-refractivity contribution in [1.29, 1.82) is 0 Å². The predicted octanol–water partition coefficient (Wildman–Crippen LogP) is 3.85. The summed E-state index contributed by atoms with van der Waals surface area (Å²) in [6.07, 6.45) is -1.30. The number of aliphatic hydroxyl groups excluding tert-OH is 2. The Labute approximate surface area is 130 Å². The lowest BCUT2D eigenvalue weighted by atomic mass is 9.97. The molecule has 2 atom stereocenters. The normalized spacial score (nSPS) is 13.5. The second-order valence-electron chi connectivity index (χ2n) is 5.29. The van der Waals surface area contributed by atoms with E-state index >= 15 is 0 Å². The molecule has 22 heavy (non-hydrogen) atoms. The Morgan fingerprint density at radius 3 is 1.00 bits per heavy atom. The fourth-order valence-electron chi connectivity index (χ4n) is 2.52. The van der Waals surface area contributed by atoms with Crippen LogP contribution in [-0.2, 0) is 0 Å². The second-order valence-corrected chi connectivity index (χ2v) is 5.29. The van der Waals surface area contributed by atoms with Gasteiger partial charge in [-0.2, -0.15) is 0 Å². The van der Waals surface area contributed by atoms with Crippen LogP contribution in [0.25, 0.3) is 0 Å². The second kappa shape index (κ2) is 6.56. The summed E-state index contributed by atoms with van der Waals surface area (Å²) in [5.41, 5.74) is 3.35. The molecule has 3 aromatic carbocycles. The highest BCUT2D eigenvalue weighted by molar-refractivity contribution is 5.35. The molecule has 0 unspecified atom stereocenters. The van der Waals surface area contributed by atoms with Crippen molar-refractivity contribution in [2.45, 2.75) is 12.2 Å². The number of benzene rings is 3. The summed E-state index contributed by atoms with van der Waals surface area (Å²) in [5.74, 6) is 0. The molecule has 3 rings (SSSR count). The van der Waals surface area contributed by atoms with E-state index in [1.807, 2.05) is 84.9 Å². The summed E-state index contributed by atoms with van der Waals surface area (Å²) >= 11 is 0. The molecule has 2 heteroatoms. The van der Waals surface area contributed by atoms with Gasteiger partial charge < -0.3 is 10.2 Å². The topological polar surface area (TPSA) is 40.5 Å². The third kappa shape index (κ3) is 3.08. The lowest BCUT2D eigenvalue weighted by Gasteiger charge is -2.15. The SMILES string of the molecule is O[C@@H](c1ccccc1)c1ccc([C@@H](O)c2ccccc2)cc1. The standard InChI is InChI=1S/C20H18O2/c21-19(15-7-3-1-4-8-15)17-11-13-18(14-12-17)20(22)16-9-5-2-6-10-16/h1-14,19-22H/t19-,20-/m0/s1. The Morgan fingerprint density at radius 2 is 0.682 bits per heavy atom. The van der Waals surface area contributed by atoms with Crippen molar-refractivity contribution in [2.75, 3.05) is 0 Å². The molecule has 0 fully saturated rings. The van der Waals surface area contributed by atoms with Crippen molar-refractivity contribution in [3.63, 3.8) is 0 Å². The highest BCUT2D eigenvalue weighted by Crippen LogP contribution is 2.26. The molecule has 110 valence electrons. The van der Waals surface area contributed by atoms with Crippen LogP contribution < -0.4 is 0 Å². The molecule has 0 aliphatic heterocycles. The molecule has 0 heterocycles. The molecule has 3 aromatic rings. The van der Waals surface area contributed by atoms with Gasteiger partial charge in [0.05, 0.1) is 0 Å². The minimum atomic E-state index is -0.649. The molecule has 2 nitrogen and oxygen atoms in total. The molecular weight excluding hydrogens is 272 g/mol. The van der Waals surface area contributed by atoms with Gasteiger partial charge in [-0.3, -0.25) is 0 Å². The van der Waals surface area contributed by atoms with Gasteiger partial charge in [-0.25, -0.2) is 0 Å². The van der Waals surface area contributed by atoms with E-state index in [2.05, 4.69) is 0 Å². The first-order chi connectivity index (χ1) is 10.8. The van der Waals surface area contributed by atoms with Crippen LogP contribution in [0.1, 0.15) is 34.5 Å². The first-order valence-electron chi connectivity index (χ1n) is 7.31. The maximum absolute atomic E-state index is 10.4. The van der Waals surface area contributed by atoms with Gasteiger partial charge >= 0.3 is 0 Å². The maximum Gasteiger partial charge on any atom is 0.104 e. The average molecular weight is 290 g/mol. The first kappa shape index (κ1) is 14.5. The molecule has 0 radical (unpaired) electrons. The Kier molecular flexibility index (Phi) is 4.33. The summed E-state index contributed by atoms with van der Waals surface area (Å²) in [6, 6.07) is 26.5. The Morgan fingerprint density at radius 1 is 0.409 bits per heavy atom. The van der Waals surface area contributed by atoms with Gasteiger partial charge in [0.1, 0.15) is 12.2 Å². The highest BCUT2D eigenvalue weighted by atomic mass is 16.3. The Bertz CT molecular complexity index is 641. The molecule has 0 amide bonds. The summed E-state index contributed by atoms with van der Waals surface area (Å²) in [7, 11) is 0. The van der Waals surface area contributed by atoms with Crippen molar-refractivity contribution in [3.05, 3.63) is 107 Å². The van der Waals surface area contributed by atoms with Crippen molar-refractivity contribution in [1.82, 2.24) is 0 Å². The van der Waals surface area contributed by atoms with Gasteiger partial charge in [0, 0.05) is 0 Å². The number of aliphatic hydroxyl groups is 2. The van der Waals surface area contributed by atoms with E-state index in [-0.39, 0.29) is 0 Å². The fraction of sp³-hybridized carbons (Fsp3) is 0.100. The van der Waals surface area contributed by atoms with Crippen LogP contribution in [0.2, 0.25) is 0 Å². The van der Waals surface area contributed by atoms with Crippen LogP contribution in [-0.4, -0.2) is 10.2 Å². The molecule has 0 saturated heterocycles. The van der Waals surface area contributed by atoms with Gasteiger partial charge in [-0.15, -0.1) is 0 Å². The Balaban J connectivity index is 1.81. The summed E-state index contributed by atoms with van der Waals surface area (Å²) in [5, 5.41) is 20.8. The van der Waals surface area contributed by atoms with E-state index in [0.717, 1.165) is 22.3 Å². The minimum absolute atomic E-state index is 0.649. The largest absolute Gasteiger partial charge is 0.384 e.